The Labute approximate surface area is 127 Å². The molecule has 120 valence electrons. The van der Waals surface area contributed by atoms with Gasteiger partial charge in [0.05, 0.1) is 6.04 Å². The zero-order valence-electron chi connectivity index (χ0n) is 12.2. The molecule has 3 nitrogen and oxygen atoms in total. The van der Waals surface area contributed by atoms with Gasteiger partial charge in [-0.1, -0.05) is 24.3 Å². The Bertz CT molecular complexity index is 537. The van der Waals surface area contributed by atoms with Crippen molar-refractivity contribution in [1.29, 1.82) is 0 Å². The second kappa shape index (κ2) is 6.85. The van der Waals surface area contributed by atoms with Crippen LogP contribution in [-0.2, 0) is 4.79 Å². The number of benzene rings is 1. The summed E-state index contributed by atoms with van der Waals surface area (Å²) in [6, 6.07) is 5.27. The zero-order valence-corrected chi connectivity index (χ0v) is 12.2. The fourth-order valence-corrected chi connectivity index (χ4v) is 2.40. The SMILES string of the molecule is CC(NC(=O)C1CC=CCC1)c1ccc(OC(F)(F)F)cc1. The maximum Gasteiger partial charge on any atom is 0.573 e. The Balaban J connectivity index is 1.93. The molecule has 0 saturated heterocycles. The van der Waals surface area contributed by atoms with E-state index < -0.39 is 6.36 Å². The molecule has 0 heterocycles. The number of alkyl halides is 3. The summed E-state index contributed by atoms with van der Waals surface area (Å²) in [4.78, 5) is 12.1. The topological polar surface area (TPSA) is 38.3 Å². The number of carbonyl (C=O) groups excluding carboxylic acids is 1. The minimum absolute atomic E-state index is 0.0209. The predicted molar refractivity (Wildman–Crippen MR) is 76.2 cm³/mol. The molecule has 1 aliphatic rings. The lowest BCUT2D eigenvalue weighted by Crippen LogP contribution is -2.33. The molecule has 1 N–H and O–H groups in total. The smallest absolute Gasteiger partial charge is 0.406 e. The quantitative estimate of drug-likeness (QED) is 0.849. The van der Waals surface area contributed by atoms with Crippen LogP contribution in [0.25, 0.3) is 0 Å². The molecule has 2 rings (SSSR count). The van der Waals surface area contributed by atoms with Gasteiger partial charge in [0.1, 0.15) is 5.75 Å². The first-order chi connectivity index (χ1) is 10.3. The van der Waals surface area contributed by atoms with Crippen molar-refractivity contribution < 1.29 is 22.7 Å². The summed E-state index contributed by atoms with van der Waals surface area (Å²) in [7, 11) is 0. The van der Waals surface area contributed by atoms with E-state index in [1.165, 1.54) is 24.3 Å². The van der Waals surface area contributed by atoms with Crippen LogP contribution in [0.2, 0.25) is 0 Å². The number of halogens is 3. The fraction of sp³-hybridized carbons (Fsp3) is 0.438. The molecule has 1 aromatic carbocycles. The summed E-state index contributed by atoms with van der Waals surface area (Å²) in [5, 5.41) is 2.90. The molecule has 0 saturated carbocycles. The number of allylic oxidation sites excluding steroid dienone is 2. The largest absolute Gasteiger partial charge is 0.573 e. The first-order valence-corrected chi connectivity index (χ1v) is 7.16. The van der Waals surface area contributed by atoms with Gasteiger partial charge in [0.15, 0.2) is 0 Å². The van der Waals surface area contributed by atoms with Crippen LogP contribution in [0.4, 0.5) is 13.2 Å². The minimum Gasteiger partial charge on any atom is -0.406 e. The summed E-state index contributed by atoms with van der Waals surface area (Å²) in [5.41, 5.74) is 0.731. The van der Waals surface area contributed by atoms with E-state index in [4.69, 9.17) is 0 Å². The Kier molecular flexibility index (Phi) is 5.11. The molecule has 6 heteroatoms. The minimum atomic E-state index is -4.70. The van der Waals surface area contributed by atoms with Gasteiger partial charge in [0, 0.05) is 5.92 Å². The van der Waals surface area contributed by atoms with Gasteiger partial charge >= 0.3 is 6.36 Å². The molecule has 22 heavy (non-hydrogen) atoms. The van der Waals surface area contributed by atoms with Crippen molar-refractivity contribution in [3.63, 3.8) is 0 Å². The highest BCUT2D eigenvalue weighted by Gasteiger charge is 2.31. The third-order valence-corrected chi connectivity index (χ3v) is 3.61. The molecule has 2 unspecified atom stereocenters. The van der Waals surface area contributed by atoms with Crippen molar-refractivity contribution in [3.8, 4) is 5.75 Å². The number of rotatable bonds is 4. The Morgan fingerprint density at radius 3 is 2.50 bits per heavy atom. The summed E-state index contributed by atoms with van der Waals surface area (Å²) in [5.74, 6) is -0.319. The van der Waals surface area contributed by atoms with Gasteiger partial charge in [-0.05, 0) is 43.9 Å². The van der Waals surface area contributed by atoms with E-state index in [0.29, 0.717) is 0 Å². The van der Waals surface area contributed by atoms with Gasteiger partial charge in [-0.3, -0.25) is 4.79 Å². The van der Waals surface area contributed by atoms with Gasteiger partial charge in [-0.25, -0.2) is 0 Å². The highest BCUT2D eigenvalue weighted by Crippen LogP contribution is 2.25. The van der Waals surface area contributed by atoms with Crippen molar-refractivity contribution in [2.75, 3.05) is 0 Å². The second-order valence-electron chi connectivity index (χ2n) is 5.33. The average molecular weight is 313 g/mol. The first-order valence-electron chi connectivity index (χ1n) is 7.16. The number of amides is 1. The van der Waals surface area contributed by atoms with Gasteiger partial charge in [-0.15, -0.1) is 13.2 Å². The molecule has 0 radical (unpaired) electrons. The van der Waals surface area contributed by atoms with Crippen LogP contribution >= 0.6 is 0 Å². The summed E-state index contributed by atoms with van der Waals surface area (Å²) in [6.45, 7) is 1.80. The van der Waals surface area contributed by atoms with Crippen LogP contribution < -0.4 is 10.1 Å². The van der Waals surface area contributed by atoms with Crippen LogP contribution in [0.15, 0.2) is 36.4 Å². The third-order valence-electron chi connectivity index (χ3n) is 3.61. The number of ether oxygens (including phenoxy) is 1. The standard InChI is InChI=1S/C16H18F3NO2/c1-11(20-15(21)13-5-3-2-4-6-13)12-7-9-14(10-8-12)22-16(17,18)19/h2-3,7-11,13H,4-6H2,1H3,(H,20,21). The fourth-order valence-electron chi connectivity index (χ4n) is 2.40. The van der Waals surface area contributed by atoms with Gasteiger partial charge in [-0.2, -0.15) is 0 Å². The van der Waals surface area contributed by atoms with Crippen LogP contribution in [0.3, 0.4) is 0 Å². The molecule has 0 bridgehead atoms. The molecular weight excluding hydrogens is 295 g/mol. The highest BCUT2D eigenvalue weighted by atomic mass is 19.4. The predicted octanol–water partition coefficient (Wildman–Crippen LogP) is 4.12. The molecule has 1 aliphatic carbocycles. The third kappa shape index (κ3) is 4.79. The molecule has 0 spiro atoms. The van der Waals surface area contributed by atoms with Crippen LogP contribution in [0.1, 0.15) is 37.8 Å². The van der Waals surface area contributed by atoms with Crippen molar-refractivity contribution in [3.05, 3.63) is 42.0 Å². The van der Waals surface area contributed by atoms with Gasteiger partial charge in [0.25, 0.3) is 0 Å². The number of nitrogens with one attached hydrogen (secondary N) is 1. The number of hydrogen-bond acceptors (Lipinski definition) is 2. The van der Waals surface area contributed by atoms with Gasteiger partial charge < -0.3 is 10.1 Å². The Morgan fingerprint density at radius 1 is 1.27 bits per heavy atom. The first kappa shape index (κ1) is 16.4. The van der Waals surface area contributed by atoms with Crippen LogP contribution in [0, 0.1) is 5.92 Å². The van der Waals surface area contributed by atoms with Crippen LogP contribution in [0.5, 0.6) is 5.75 Å². The molecule has 0 fully saturated rings. The molecule has 2 atom stereocenters. The van der Waals surface area contributed by atoms with Crippen molar-refractivity contribution in [2.45, 2.75) is 38.6 Å². The number of hydrogen-bond donors (Lipinski definition) is 1. The lowest BCUT2D eigenvalue weighted by atomic mass is 9.93. The van der Waals surface area contributed by atoms with Crippen molar-refractivity contribution >= 4 is 5.91 Å². The Hall–Kier alpha value is -1.98. The van der Waals surface area contributed by atoms with E-state index in [2.05, 4.69) is 16.1 Å². The highest BCUT2D eigenvalue weighted by molar-refractivity contribution is 5.79. The van der Waals surface area contributed by atoms with Crippen molar-refractivity contribution in [2.24, 2.45) is 5.92 Å². The van der Waals surface area contributed by atoms with E-state index in [0.717, 1.165) is 24.8 Å². The maximum absolute atomic E-state index is 12.1. The molecule has 1 aromatic rings. The van der Waals surface area contributed by atoms with Crippen LogP contribution in [-0.4, -0.2) is 12.3 Å². The summed E-state index contributed by atoms with van der Waals surface area (Å²) in [6.07, 6.45) is 1.82. The van der Waals surface area contributed by atoms with E-state index in [-0.39, 0.29) is 23.6 Å². The molecule has 1 amide bonds. The Morgan fingerprint density at radius 2 is 1.95 bits per heavy atom. The van der Waals surface area contributed by atoms with Gasteiger partial charge in [0.2, 0.25) is 5.91 Å². The number of carbonyl (C=O) groups is 1. The lowest BCUT2D eigenvalue weighted by molar-refractivity contribution is -0.274. The van der Waals surface area contributed by atoms with E-state index in [1.807, 2.05) is 6.08 Å². The normalized spacial score (nSPS) is 19.5. The lowest BCUT2D eigenvalue weighted by Gasteiger charge is -2.21. The molecule has 0 aliphatic heterocycles. The molecule has 0 aromatic heterocycles. The van der Waals surface area contributed by atoms with E-state index >= 15 is 0 Å². The zero-order chi connectivity index (χ0) is 16.2. The van der Waals surface area contributed by atoms with Crippen molar-refractivity contribution in [1.82, 2.24) is 5.32 Å². The van der Waals surface area contributed by atoms with E-state index in [1.54, 1.807) is 6.92 Å². The molecular formula is C16H18F3NO2. The average Bonchev–Trinajstić information content (AvgIpc) is 2.47. The summed E-state index contributed by atoms with van der Waals surface area (Å²) >= 11 is 0. The summed E-state index contributed by atoms with van der Waals surface area (Å²) < 4.78 is 40.1. The maximum atomic E-state index is 12.1. The monoisotopic (exact) mass is 313 g/mol. The second-order valence-corrected chi connectivity index (χ2v) is 5.33. The van der Waals surface area contributed by atoms with E-state index in [9.17, 15) is 18.0 Å².